The fourth-order valence-corrected chi connectivity index (χ4v) is 2.91. The van der Waals surface area contributed by atoms with Gasteiger partial charge in [-0.05, 0) is 18.2 Å². The Labute approximate surface area is 151 Å². The molecule has 0 saturated carbocycles. The quantitative estimate of drug-likeness (QED) is 0.505. The molecule has 5 aromatic rings. The van der Waals surface area contributed by atoms with Gasteiger partial charge in [-0.2, -0.15) is 0 Å². The van der Waals surface area contributed by atoms with Crippen molar-refractivity contribution in [3.05, 3.63) is 61.0 Å². The standard InChI is InChI=1S/C17H12FN9/c18-10-2-3-11-12(6-10)27(17-19-4-1-5-20-17)13(26-11)7-21-15-14-16(23-8-22-14)25-9-24-15/h1-6,8-9H,7H2,(H2,21,22,23,24,25). The van der Waals surface area contributed by atoms with Crippen LogP contribution in [-0.2, 0) is 6.54 Å². The van der Waals surface area contributed by atoms with Gasteiger partial charge in [-0.1, -0.05) is 0 Å². The highest BCUT2D eigenvalue weighted by Crippen LogP contribution is 2.22. The number of nitrogens with zero attached hydrogens (tertiary/aromatic N) is 7. The maximum absolute atomic E-state index is 13.8. The van der Waals surface area contributed by atoms with Gasteiger partial charge in [0, 0.05) is 18.5 Å². The van der Waals surface area contributed by atoms with Crippen molar-refractivity contribution in [2.45, 2.75) is 6.54 Å². The molecule has 0 amide bonds. The Morgan fingerprint density at radius 2 is 1.96 bits per heavy atom. The van der Waals surface area contributed by atoms with Crippen molar-refractivity contribution < 1.29 is 4.39 Å². The summed E-state index contributed by atoms with van der Waals surface area (Å²) in [5.74, 6) is 1.27. The number of hydrogen-bond donors (Lipinski definition) is 2. The van der Waals surface area contributed by atoms with E-state index in [1.807, 2.05) is 0 Å². The van der Waals surface area contributed by atoms with Crippen molar-refractivity contribution in [2.75, 3.05) is 5.32 Å². The van der Waals surface area contributed by atoms with Gasteiger partial charge in [-0.3, -0.25) is 4.57 Å². The predicted molar refractivity (Wildman–Crippen MR) is 95.6 cm³/mol. The van der Waals surface area contributed by atoms with Crippen LogP contribution in [0.2, 0.25) is 0 Å². The number of fused-ring (bicyclic) bond motifs is 2. The van der Waals surface area contributed by atoms with E-state index in [-0.39, 0.29) is 5.82 Å². The molecule has 0 atom stereocenters. The highest BCUT2D eigenvalue weighted by Gasteiger charge is 2.16. The number of nitrogens with one attached hydrogen (secondary N) is 2. The summed E-state index contributed by atoms with van der Waals surface area (Å²) in [7, 11) is 0. The summed E-state index contributed by atoms with van der Waals surface area (Å²) >= 11 is 0. The molecular weight excluding hydrogens is 349 g/mol. The van der Waals surface area contributed by atoms with E-state index in [0.717, 1.165) is 0 Å². The largest absolute Gasteiger partial charge is 0.361 e. The first-order valence-corrected chi connectivity index (χ1v) is 8.12. The molecular formula is C17H12FN9. The Bertz CT molecular complexity index is 1250. The first-order valence-electron chi connectivity index (χ1n) is 8.12. The number of benzene rings is 1. The number of H-pyrrole nitrogens is 1. The maximum atomic E-state index is 13.8. The highest BCUT2D eigenvalue weighted by molar-refractivity contribution is 5.82. The van der Waals surface area contributed by atoms with Crippen LogP contribution < -0.4 is 5.32 Å². The molecule has 0 spiro atoms. The third-order valence-electron chi connectivity index (χ3n) is 4.08. The number of hydrogen-bond acceptors (Lipinski definition) is 7. The smallest absolute Gasteiger partial charge is 0.235 e. The van der Waals surface area contributed by atoms with Crippen molar-refractivity contribution >= 4 is 28.0 Å². The Morgan fingerprint density at radius 1 is 1.07 bits per heavy atom. The van der Waals surface area contributed by atoms with Crippen molar-refractivity contribution in [1.82, 2.24) is 39.5 Å². The van der Waals surface area contributed by atoms with Crippen molar-refractivity contribution in [3.8, 4) is 5.95 Å². The van der Waals surface area contributed by atoms with Crippen LogP contribution in [0.5, 0.6) is 0 Å². The number of halogens is 1. The monoisotopic (exact) mass is 361 g/mol. The van der Waals surface area contributed by atoms with Crippen molar-refractivity contribution in [1.29, 1.82) is 0 Å². The summed E-state index contributed by atoms with van der Waals surface area (Å²) in [5, 5.41) is 3.22. The van der Waals surface area contributed by atoms with Gasteiger partial charge in [0.25, 0.3) is 0 Å². The fourth-order valence-electron chi connectivity index (χ4n) is 2.91. The molecule has 10 heteroatoms. The second kappa shape index (κ2) is 6.09. The summed E-state index contributed by atoms with van der Waals surface area (Å²) in [6, 6.07) is 6.14. The van der Waals surface area contributed by atoms with E-state index in [2.05, 4.69) is 40.2 Å². The molecule has 0 unspecified atom stereocenters. The SMILES string of the molecule is Fc1ccc2nc(CNc3ncnc4nc[nH]c34)n(-c3ncccn3)c2c1. The van der Waals surface area contributed by atoms with E-state index in [4.69, 9.17) is 0 Å². The zero-order valence-electron chi connectivity index (χ0n) is 13.8. The molecule has 0 aliphatic rings. The molecule has 5 rings (SSSR count). The van der Waals surface area contributed by atoms with Gasteiger partial charge < -0.3 is 10.3 Å². The number of aromatic amines is 1. The van der Waals surface area contributed by atoms with Gasteiger partial charge in [0.1, 0.15) is 23.5 Å². The molecule has 4 aromatic heterocycles. The summed E-state index contributed by atoms with van der Waals surface area (Å²) < 4.78 is 15.5. The molecule has 0 aliphatic carbocycles. The van der Waals surface area contributed by atoms with Crippen LogP contribution in [0.15, 0.2) is 49.3 Å². The number of aromatic nitrogens is 8. The number of rotatable bonds is 4. The lowest BCUT2D eigenvalue weighted by Gasteiger charge is -2.09. The topological polar surface area (TPSA) is 110 Å². The molecule has 0 bridgehead atoms. The molecule has 2 N–H and O–H groups in total. The summed E-state index contributed by atoms with van der Waals surface area (Å²) in [6.45, 7) is 0.319. The highest BCUT2D eigenvalue weighted by atomic mass is 19.1. The van der Waals surface area contributed by atoms with E-state index >= 15 is 0 Å². The Balaban J connectivity index is 1.59. The lowest BCUT2D eigenvalue weighted by atomic mass is 10.3. The molecule has 0 saturated heterocycles. The molecule has 0 fully saturated rings. The van der Waals surface area contributed by atoms with E-state index < -0.39 is 0 Å². The van der Waals surface area contributed by atoms with Crippen molar-refractivity contribution in [3.63, 3.8) is 0 Å². The summed E-state index contributed by atoms with van der Waals surface area (Å²) in [4.78, 5) is 28.6. The summed E-state index contributed by atoms with van der Waals surface area (Å²) in [5.41, 5.74) is 2.50. The Hall–Kier alpha value is -3.95. The predicted octanol–water partition coefficient (Wildman–Crippen LogP) is 2.23. The summed E-state index contributed by atoms with van der Waals surface area (Å²) in [6.07, 6.45) is 6.25. The first-order chi connectivity index (χ1) is 13.3. The van der Waals surface area contributed by atoms with E-state index in [1.54, 1.807) is 35.4 Å². The van der Waals surface area contributed by atoms with Crippen LogP contribution in [-0.4, -0.2) is 39.5 Å². The molecule has 27 heavy (non-hydrogen) atoms. The second-order valence-corrected chi connectivity index (χ2v) is 5.72. The second-order valence-electron chi connectivity index (χ2n) is 5.72. The van der Waals surface area contributed by atoms with Crippen LogP contribution in [0, 0.1) is 5.82 Å². The van der Waals surface area contributed by atoms with E-state index in [0.29, 0.717) is 46.3 Å². The lowest BCUT2D eigenvalue weighted by Crippen LogP contribution is -2.10. The van der Waals surface area contributed by atoms with Gasteiger partial charge in [-0.25, -0.2) is 34.3 Å². The molecule has 132 valence electrons. The average molecular weight is 361 g/mol. The van der Waals surface area contributed by atoms with Crippen LogP contribution >= 0.6 is 0 Å². The van der Waals surface area contributed by atoms with Gasteiger partial charge in [0.2, 0.25) is 5.95 Å². The van der Waals surface area contributed by atoms with Gasteiger partial charge in [-0.15, -0.1) is 0 Å². The molecule has 0 radical (unpaired) electrons. The number of anilines is 1. The van der Waals surface area contributed by atoms with Gasteiger partial charge in [0.05, 0.1) is 23.9 Å². The van der Waals surface area contributed by atoms with Crippen LogP contribution in [0.1, 0.15) is 5.82 Å². The lowest BCUT2D eigenvalue weighted by molar-refractivity contribution is 0.629. The van der Waals surface area contributed by atoms with E-state index in [1.165, 1.54) is 18.5 Å². The average Bonchev–Trinajstić information content (AvgIpc) is 3.31. The zero-order valence-corrected chi connectivity index (χ0v) is 13.8. The van der Waals surface area contributed by atoms with Gasteiger partial charge >= 0.3 is 0 Å². The minimum absolute atomic E-state index is 0.319. The van der Waals surface area contributed by atoms with Gasteiger partial charge in [0.15, 0.2) is 11.5 Å². The first kappa shape index (κ1) is 15.3. The van der Waals surface area contributed by atoms with Crippen molar-refractivity contribution in [2.24, 2.45) is 0 Å². The third kappa shape index (κ3) is 2.63. The molecule has 4 heterocycles. The van der Waals surface area contributed by atoms with E-state index in [9.17, 15) is 4.39 Å². The van der Waals surface area contributed by atoms with Crippen LogP contribution in [0.3, 0.4) is 0 Å². The number of imidazole rings is 2. The maximum Gasteiger partial charge on any atom is 0.235 e. The van der Waals surface area contributed by atoms with Crippen LogP contribution in [0.4, 0.5) is 10.2 Å². The minimum atomic E-state index is -0.353. The third-order valence-corrected chi connectivity index (χ3v) is 4.08. The normalized spacial score (nSPS) is 11.3. The Kier molecular flexibility index (Phi) is 3.46. The molecule has 1 aromatic carbocycles. The minimum Gasteiger partial charge on any atom is -0.361 e. The Morgan fingerprint density at radius 3 is 2.85 bits per heavy atom. The molecule has 0 aliphatic heterocycles. The van der Waals surface area contributed by atoms with Crippen LogP contribution in [0.25, 0.3) is 28.1 Å². The zero-order chi connectivity index (χ0) is 18.2. The fraction of sp³-hybridized carbons (Fsp3) is 0.0588. The molecule has 9 nitrogen and oxygen atoms in total.